The summed E-state index contributed by atoms with van der Waals surface area (Å²) >= 11 is 0. The topological polar surface area (TPSA) is 76.4 Å². The van der Waals surface area contributed by atoms with Crippen LogP contribution in [-0.4, -0.2) is 54.3 Å². The van der Waals surface area contributed by atoms with Crippen molar-refractivity contribution in [3.05, 3.63) is 29.8 Å². The van der Waals surface area contributed by atoms with Crippen molar-refractivity contribution in [2.45, 2.75) is 19.8 Å². The number of benzene rings is 1. The smallest absolute Gasteiger partial charge is 0.238 e. The molecule has 1 saturated heterocycles. The number of nitrogens with one attached hydrogen (secondary N) is 1. The van der Waals surface area contributed by atoms with Crippen molar-refractivity contribution >= 4 is 17.5 Å². The van der Waals surface area contributed by atoms with Gasteiger partial charge in [0.1, 0.15) is 0 Å². The van der Waals surface area contributed by atoms with Crippen LogP contribution in [0.1, 0.15) is 25.3 Å². The van der Waals surface area contributed by atoms with E-state index in [1.165, 1.54) is 0 Å². The number of hydrogen-bond donors (Lipinski definition) is 1. The standard InChI is InChI=1S/C17H22N4O2/c1-2-17(23)21-8-4-7-20(9-10-21)13-16(22)19-15-6-3-5-14(11-15)12-18/h3,5-6,11H,2,4,7-10,13H2,1H3,(H,19,22). The van der Waals surface area contributed by atoms with Gasteiger partial charge in [0.25, 0.3) is 0 Å². The third-order valence-electron chi connectivity index (χ3n) is 3.89. The summed E-state index contributed by atoms with van der Waals surface area (Å²) in [5.74, 6) is 0.0694. The minimum atomic E-state index is -0.102. The van der Waals surface area contributed by atoms with Gasteiger partial charge in [-0.25, -0.2) is 0 Å². The van der Waals surface area contributed by atoms with Gasteiger partial charge in [-0.3, -0.25) is 14.5 Å². The highest BCUT2D eigenvalue weighted by Crippen LogP contribution is 2.10. The summed E-state index contributed by atoms with van der Waals surface area (Å²) in [6.45, 7) is 5.11. The van der Waals surface area contributed by atoms with Gasteiger partial charge in [0.2, 0.25) is 11.8 Å². The molecule has 2 rings (SSSR count). The van der Waals surface area contributed by atoms with Crippen molar-refractivity contribution in [1.29, 1.82) is 5.26 Å². The summed E-state index contributed by atoms with van der Waals surface area (Å²) in [5.41, 5.74) is 1.15. The Bertz CT molecular complexity index is 609. The van der Waals surface area contributed by atoms with E-state index < -0.39 is 0 Å². The van der Waals surface area contributed by atoms with E-state index in [9.17, 15) is 9.59 Å². The Kier molecular flexibility index (Phi) is 6.12. The molecule has 23 heavy (non-hydrogen) atoms. The minimum absolute atomic E-state index is 0.102. The molecule has 1 aliphatic heterocycles. The van der Waals surface area contributed by atoms with Crippen molar-refractivity contribution in [1.82, 2.24) is 9.80 Å². The molecule has 1 aromatic carbocycles. The van der Waals surface area contributed by atoms with E-state index in [4.69, 9.17) is 5.26 Å². The summed E-state index contributed by atoms with van der Waals surface area (Å²) in [4.78, 5) is 27.8. The molecule has 0 saturated carbocycles. The largest absolute Gasteiger partial charge is 0.341 e. The second-order valence-corrected chi connectivity index (χ2v) is 5.60. The van der Waals surface area contributed by atoms with Gasteiger partial charge in [-0.1, -0.05) is 13.0 Å². The van der Waals surface area contributed by atoms with Crippen molar-refractivity contribution in [2.75, 3.05) is 38.0 Å². The quantitative estimate of drug-likeness (QED) is 0.912. The highest BCUT2D eigenvalue weighted by Gasteiger charge is 2.19. The molecule has 0 unspecified atom stereocenters. The zero-order valence-electron chi connectivity index (χ0n) is 13.4. The zero-order chi connectivity index (χ0) is 16.7. The summed E-state index contributed by atoms with van der Waals surface area (Å²) < 4.78 is 0. The third-order valence-corrected chi connectivity index (χ3v) is 3.89. The first-order chi connectivity index (χ1) is 11.1. The van der Waals surface area contributed by atoms with Gasteiger partial charge in [-0.15, -0.1) is 0 Å². The van der Waals surface area contributed by atoms with Gasteiger partial charge in [0.05, 0.1) is 18.2 Å². The van der Waals surface area contributed by atoms with Crippen LogP contribution in [0.25, 0.3) is 0 Å². The van der Waals surface area contributed by atoms with Gasteiger partial charge < -0.3 is 10.2 Å². The Morgan fingerprint density at radius 1 is 1.26 bits per heavy atom. The van der Waals surface area contributed by atoms with Crippen LogP contribution < -0.4 is 5.32 Å². The molecule has 1 heterocycles. The molecule has 1 fully saturated rings. The van der Waals surface area contributed by atoms with Gasteiger partial charge in [-0.2, -0.15) is 5.26 Å². The van der Waals surface area contributed by atoms with E-state index in [0.717, 1.165) is 19.5 Å². The average molecular weight is 314 g/mol. The number of amides is 2. The van der Waals surface area contributed by atoms with Crippen LogP contribution in [0.3, 0.4) is 0 Å². The fourth-order valence-corrected chi connectivity index (χ4v) is 2.67. The minimum Gasteiger partial charge on any atom is -0.341 e. The zero-order valence-corrected chi connectivity index (χ0v) is 13.4. The maximum atomic E-state index is 12.1. The van der Waals surface area contributed by atoms with Gasteiger partial charge >= 0.3 is 0 Å². The average Bonchev–Trinajstić information content (AvgIpc) is 2.79. The molecule has 0 radical (unpaired) electrons. The monoisotopic (exact) mass is 314 g/mol. The van der Waals surface area contributed by atoms with Crippen molar-refractivity contribution in [2.24, 2.45) is 0 Å². The first-order valence-electron chi connectivity index (χ1n) is 7.92. The van der Waals surface area contributed by atoms with Gasteiger partial charge in [0, 0.05) is 38.3 Å². The van der Waals surface area contributed by atoms with E-state index in [2.05, 4.69) is 16.3 Å². The number of hydrogen-bond acceptors (Lipinski definition) is 4. The van der Waals surface area contributed by atoms with Crippen LogP contribution in [0.4, 0.5) is 5.69 Å². The van der Waals surface area contributed by atoms with E-state index in [0.29, 0.717) is 37.3 Å². The van der Waals surface area contributed by atoms with Crippen LogP contribution in [0, 0.1) is 11.3 Å². The number of anilines is 1. The predicted molar refractivity (Wildman–Crippen MR) is 87.7 cm³/mol. The molecule has 1 aliphatic rings. The van der Waals surface area contributed by atoms with E-state index >= 15 is 0 Å². The molecule has 0 bridgehead atoms. The van der Waals surface area contributed by atoms with Crippen LogP contribution in [0.2, 0.25) is 0 Å². The summed E-state index contributed by atoms with van der Waals surface area (Å²) in [7, 11) is 0. The number of rotatable bonds is 4. The van der Waals surface area contributed by atoms with Crippen LogP contribution >= 0.6 is 0 Å². The molecule has 6 nitrogen and oxygen atoms in total. The lowest BCUT2D eigenvalue weighted by molar-refractivity contribution is -0.130. The molecular formula is C17H22N4O2. The molecular weight excluding hydrogens is 292 g/mol. The highest BCUT2D eigenvalue weighted by molar-refractivity contribution is 5.92. The molecule has 0 spiro atoms. The molecule has 1 aromatic rings. The number of nitrogens with zero attached hydrogens (tertiary/aromatic N) is 3. The lowest BCUT2D eigenvalue weighted by Crippen LogP contribution is -2.37. The predicted octanol–water partition coefficient (Wildman–Crippen LogP) is 1.44. The van der Waals surface area contributed by atoms with Crippen LogP contribution in [0.15, 0.2) is 24.3 Å². The summed E-state index contributed by atoms with van der Waals surface area (Å²) in [5, 5.41) is 11.7. The maximum Gasteiger partial charge on any atom is 0.238 e. The number of carbonyl (C=O) groups excluding carboxylic acids is 2. The Balaban J connectivity index is 1.85. The van der Waals surface area contributed by atoms with Crippen molar-refractivity contribution in [3.63, 3.8) is 0 Å². The van der Waals surface area contributed by atoms with E-state index in [1.54, 1.807) is 24.3 Å². The third kappa shape index (κ3) is 5.08. The molecule has 122 valence electrons. The van der Waals surface area contributed by atoms with E-state index in [1.807, 2.05) is 11.8 Å². The Hall–Kier alpha value is -2.39. The second kappa shape index (κ2) is 8.30. The lowest BCUT2D eigenvalue weighted by atomic mass is 10.2. The Morgan fingerprint density at radius 2 is 2.09 bits per heavy atom. The van der Waals surface area contributed by atoms with Crippen molar-refractivity contribution < 1.29 is 9.59 Å². The molecule has 2 amide bonds. The maximum absolute atomic E-state index is 12.1. The molecule has 0 aromatic heterocycles. The highest BCUT2D eigenvalue weighted by atomic mass is 16.2. The summed E-state index contributed by atoms with van der Waals surface area (Å²) in [6.07, 6.45) is 1.40. The van der Waals surface area contributed by atoms with Crippen LogP contribution in [0.5, 0.6) is 0 Å². The normalized spacial score (nSPS) is 15.6. The molecule has 0 atom stereocenters. The van der Waals surface area contributed by atoms with E-state index in [-0.39, 0.29) is 11.8 Å². The fraction of sp³-hybridized carbons (Fsp3) is 0.471. The number of carbonyl (C=O) groups is 2. The fourth-order valence-electron chi connectivity index (χ4n) is 2.67. The molecule has 0 aliphatic carbocycles. The first kappa shape index (κ1) is 17.0. The molecule has 6 heteroatoms. The van der Waals surface area contributed by atoms with Gasteiger partial charge in [-0.05, 0) is 24.6 Å². The molecule has 1 N–H and O–H groups in total. The Morgan fingerprint density at radius 3 is 2.83 bits per heavy atom. The Labute approximate surface area is 136 Å². The second-order valence-electron chi connectivity index (χ2n) is 5.60. The summed E-state index contributed by atoms with van der Waals surface area (Å²) in [6, 6.07) is 8.92. The SMILES string of the molecule is CCC(=O)N1CCCN(CC(=O)Nc2cccc(C#N)c2)CC1. The van der Waals surface area contributed by atoms with Crippen molar-refractivity contribution in [3.8, 4) is 6.07 Å². The first-order valence-corrected chi connectivity index (χ1v) is 7.92. The van der Waals surface area contributed by atoms with Gasteiger partial charge in [0.15, 0.2) is 0 Å². The lowest BCUT2D eigenvalue weighted by Gasteiger charge is -2.21. The van der Waals surface area contributed by atoms with Crippen LogP contribution in [-0.2, 0) is 9.59 Å². The number of nitriles is 1.